The van der Waals surface area contributed by atoms with E-state index in [0.717, 1.165) is 21.4 Å². The molecule has 4 aromatic rings. The molecule has 0 fully saturated rings. The third kappa shape index (κ3) is 1.53. The molecule has 0 aliphatic rings. The SMILES string of the molecule is CC(C)c1nnc2sc(-c3cccn4nnnc34)nn12. The summed E-state index contributed by atoms with van der Waals surface area (Å²) >= 11 is 1.48. The summed E-state index contributed by atoms with van der Waals surface area (Å²) in [5.74, 6) is 1.12. The van der Waals surface area contributed by atoms with Crippen LogP contribution in [0.1, 0.15) is 25.6 Å². The molecule has 0 aliphatic carbocycles. The van der Waals surface area contributed by atoms with Crippen LogP contribution in [0, 0.1) is 0 Å². The first-order valence-corrected chi connectivity index (χ1v) is 6.95. The van der Waals surface area contributed by atoms with E-state index in [1.807, 2.05) is 12.1 Å². The summed E-state index contributed by atoms with van der Waals surface area (Å²) in [5, 5.41) is 25.3. The second kappa shape index (κ2) is 4.04. The lowest BCUT2D eigenvalue weighted by atomic mass is 10.2. The van der Waals surface area contributed by atoms with Gasteiger partial charge in [-0.3, -0.25) is 0 Å². The Hall–Kier alpha value is -2.42. The molecule has 9 heteroatoms. The smallest absolute Gasteiger partial charge is 0.200 e. The van der Waals surface area contributed by atoms with E-state index in [4.69, 9.17) is 0 Å². The van der Waals surface area contributed by atoms with Crippen LogP contribution in [0.15, 0.2) is 18.3 Å². The topological polar surface area (TPSA) is 86.2 Å². The lowest BCUT2D eigenvalue weighted by molar-refractivity contribution is 0.727. The fourth-order valence-corrected chi connectivity index (χ4v) is 2.90. The van der Waals surface area contributed by atoms with Gasteiger partial charge >= 0.3 is 0 Å². The maximum Gasteiger partial charge on any atom is 0.234 e. The van der Waals surface area contributed by atoms with E-state index in [0.29, 0.717) is 5.65 Å². The minimum atomic E-state index is 0.269. The van der Waals surface area contributed by atoms with Gasteiger partial charge in [0.05, 0.1) is 5.56 Å². The van der Waals surface area contributed by atoms with Crippen molar-refractivity contribution in [3.8, 4) is 10.6 Å². The number of nitrogens with zero attached hydrogens (tertiary/aromatic N) is 8. The first kappa shape index (κ1) is 11.4. The Labute approximate surface area is 117 Å². The quantitative estimate of drug-likeness (QED) is 0.554. The highest BCUT2D eigenvalue weighted by molar-refractivity contribution is 7.19. The zero-order chi connectivity index (χ0) is 13.7. The molecule has 8 nitrogen and oxygen atoms in total. The third-order valence-corrected chi connectivity index (χ3v) is 3.92. The van der Waals surface area contributed by atoms with Gasteiger partial charge in [-0.15, -0.1) is 15.3 Å². The summed E-state index contributed by atoms with van der Waals surface area (Å²) in [6, 6.07) is 3.84. The molecule has 0 aliphatic heterocycles. The van der Waals surface area contributed by atoms with Gasteiger partial charge < -0.3 is 0 Å². The predicted molar refractivity (Wildman–Crippen MR) is 72.5 cm³/mol. The summed E-state index contributed by atoms with van der Waals surface area (Å²) in [5.41, 5.74) is 1.58. The molecule has 0 N–H and O–H groups in total. The number of fused-ring (bicyclic) bond motifs is 2. The largest absolute Gasteiger partial charge is 0.234 e. The normalized spacial score (nSPS) is 11.9. The van der Waals surface area contributed by atoms with Gasteiger partial charge in [0.1, 0.15) is 0 Å². The molecule has 0 amide bonds. The summed E-state index contributed by atoms with van der Waals surface area (Å²) < 4.78 is 3.42. The summed E-state index contributed by atoms with van der Waals surface area (Å²) in [6.07, 6.45) is 1.80. The Bertz CT molecular complexity index is 901. The number of tetrazole rings is 1. The lowest BCUT2D eigenvalue weighted by Gasteiger charge is -1.98. The molecular formula is C11H10N8S. The number of aromatic nitrogens is 8. The van der Waals surface area contributed by atoms with Crippen LogP contribution in [0.3, 0.4) is 0 Å². The van der Waals surface area contributed by atoms with Crippen LogP contribution < -0.4 is 0 Å². The van der Waals surface area contributed by atoms with Gasteiger partial charge in [-0.2, -0.15) is 14.1 Å². The van der Waals surface area contributed by atoms with Crippen LogP contribution in [0.5, 0.6) is 0 Å². The number of hydrogen-bond acceptors (Lipinski definition) is 7. The van der Waals surface area contributed by atoms with Crippen LogP contribution in [0.25, 0.3) is 21.2 Å². The van der Waals surface area contributed by atoms with Crippen LogP contribution in [-0.4, -0.2) is 39.9 Å². The Morgan fingerprint density at radius 1 is 1.20 bits per heavy atom. The van der Waals surface area contributed by atoms with Crippen LogP contribution >= 0.6 is 11.3 Å². The highest BCUT2D eigenvalue weighted by Gasteiger charge is 2.17. The van der Waals surface area contributed by atoms with Crippen molar-refractivity contribution in [2.45, 2.75) is 19.8 Å². The van der Waals surface area contributed by atoms with Gasteiger partial charge in [0.2, 0.25) is 4.96 Å². The maximum atomic E-state index is 4.60. The molecule has 100 valence electrons. The van der Waals surface area contributed by atoms with Crippen molar-refractivity contribution in [1.82, 2.24) is 39.9 Å². The number of pyridine rings is 1. The van der Waals surface area contributed by atoms with E-state index in [1.54, 1.807) is 15.2 Å². The van der Waals surface area contributed by atoms with E-state index >= 15 is 0 Å². The van der Waals surface area contributed by atoms with Gasteiger partial charge in [0, 0.05) is 12.1 Å². The lowest BCUT2D eigenvalue weighted by Crippen LogP contribution is -1.98. The average Bonchev–Trinajstić information content (AvgIpc) is 3.11. The average molecular weight is 286 g/mol. The van der Waals surface area contributed by atoms with Crippen molar-refractivity contribution in [2.24, 2.45) is 0 Å². The van der Waals surface area contributed by atoms with Crippen molar-refractivity contribution >= 4 is 21.9 Å². The van der Waals surface area contributed by atoms with Crippen LogP contribution in [0.4, 0.5) is 0 Å². The van der Waals surface area contributed by atoms with Crippen LogP contribution in [-0.2, 0) is 0 Å². The molecule has 0 saturated heterocycles. The Balaban J connectivity index is 1.96. The second-order valence-corrected chi connectivity index (χ2v) is 5.64. The van der Waals surface area contributed by atoms with E-state index in [-0.39, 0.29) is 5.92 Å². The summed E-state index contributed by atoms with van der Waals surface area (Å²) in [6.45, 7) is 4.14. The fourth-order valence-electron chi connectivity index (χ4n) is 2.03. The van der Waals surface area contributed by atoms with Crippen molar-refractivity contribution in [2.75, 3.05) is 0 Å². The zero-order valence-corrected chi connectivity index (χ0v) is 11.6. The number of rotatable bonds is 2. The zero-order valence-electron chi connectivity index (χ0n) is 10.8. The second-order valence-electron chi connectivity index (χ2n) is 4.68. The Morgan fingerprint density at radius 2 is 2.10 bits per heavy atom. The minimum Gasteiger partial charge on any atom is -0.200 e. The molecule has 4 rings (SSSR count). The first-order valence-electron chi connectivity index (χ1n) is 6.13. The molecule has 4 heterocycles. The molecule has 0 spiro atoms. The molecule has 0 bridgehead atoms. The third-order valence-electron chi connectivity index (χ3n) is 2.99. The number of hydrogen-bond donors (Lipinski definition) is 0. The highest BCUT2D eigenvalue weighted by atomic mass is 32.1. The first-order chi connectivity index (χ1) is 9.74. The van der Waals surface area contributed by atoms with E-state index in [1.165, 1.54) is 11.3 Å². The Morgan fingerprint density at radius 3 is 2.95 bits per heavy atom. The summed E-state index contributed by atoms with van der Waals surface area (Å²) in [7, 11) is 0. The predicted octanol–water partition coefficient (Wildman–Crippen LogP) is 1.41. The Kier molecular flexibility index (Phi) is 2.30. The minimum absolute atomic E-state index is 0.269. The fraction of sp³-hybridized carbons (Fsp3) is 0.273. The molecule has 0 unspecified atom stereocenters. The molecule has 0 aromatic carbocycles. The molecule has 20 heavy (non-hydrogen) atoms. The van der Waals surface area contributed by atoms with Gasteiger partial charge in [-0.05, 0) is 22.6 Å². The van der Waals surface area contributed by atoms with Crippen molar-refractivity contribution in [1.29, 1.82) is 0 Å². The van der Waals surface area contributed by atoms with E-state index < -0.39 is 0 Å². The molecule has 0 saturated carbocycles. The van der Waals surface area contributed by atoms with Gasteiger partial charge in [0.25, 0.3) is 0 Å². The highest BCUT2D eigenvalue weighted by Crippen LogP contribution is 2.28. The standard InChI is InChI=1S/C11H10N8S/c1-6(2)8-12-14-11-19(8)15-10(20-11)7-4-3-5-18-9(7)13-16-17-18/h3-6H,1-2H3. The van der Waals surface area contributed by atoms with Gasteiger partial charge in [-0.1, -0.05) is 25.2 Å². The monoisotopic (exact) mass is 286 g/mol. The van der Waals surface area contributed by atoms with Crippen LogP contribution in [0.2, 0.25) is 0 Å². The van der Waals surface area contributed by atoms with E-state index in [9.17, 15) is 0 Å². The summed E-state index contributed by atoms with van der Waals surface area (Å²) in [4.78, 5) is 0.776. The molecular weight excluding hydrogens is 276 g/mol. The van der Waals surface area contributed by atoms with Crippen molar-refractivity contribution < 1.29 is 0 Å². The molecule has 0 atom stereocenters. The van der Waals surface area contributed by atoms with E-state index in [2.05, 4.69) is 44.7 Å². The molecule has 0 radical (unpaired) electrons. The van der Waals surface area contributed by atoms with Crippen molar-refractivity contribution in [3.05, 3.63) is 24.2 Å². The van der Waals surface area contributed by atoms with Crippen molar-refractivity contribution in [3.63, 3.8) is 0 Å². The van der Waals surface area contributed by atoms with Gasteiger partial charge in [-0.25, -0.2) is 0 Å². The maximum absolute atomic E-state index is 4.60. The molecule has 4 aromatic heterocycles. The van der Waals surface area contributed by atoms with Gasteiger partial charge in [0.15, 0.2) is 16.5 Å².